The van der Waals surface area contributed by atoms with Crippen LogP contribution in [-0.2, 0) is 16.0 Å². The molecular weight excluding hydrogens is 316 g/mol. The molecular formula is C19H22N4O2. The Kier molecular flexibility index (Phi) is 3.43. The predicted octanol–water partition coefficient (Wildman–Crippen LogP) is 0.744. The standard InChI is InChI=1S/C19H22N4O2/c24-17-9-23(10-18(25)22-17)8-11-4-14-13-2-1-3-15-19(13)12(7-21-15)5-16(14)20-6-11/h1-3,7,11,14,16,20-21H,4-6,8-10H2,(H,22,24,25)/t11?,14-,16-/m1/s1. The zero-order chi connectivity index (χ0) is 17.0. The Morgan fingerprint density at radius 1 is 1.16 bits per heavy atom. The van der Waals surface area contributed by atoms with Crippen LogP contribution in [0.1, 0.15) is 23.5 Å². The molecule has 1 unspecified atom stereocenters. The second-order valence-corrected chi connectivity index (χ2v) is 7.65. The predicted molar refractivity (Wildman–Crippen MR) is 94.2 cm³/mol. The number of piperidine rings is 1. The lowest BCUT2D eigenvalue weighted by Crippen LogP contribution is -2.55. The lowest BCUT2D eigenvalue weighted by molar-refractivity contribution is -0.136. The molecule has 2 fully saturated rings. The van der Waals surface area contributed by atoms with Crippen LogP contribution in [0.4, 0.5) is 0 Å². The maximum atomic E-state index is 11.6. The van der Waals surface area contributed by atoms with Crippen molar-refractivity contribution in [3.8, 4) is 0 Å². The quantitative estimate of drug-likeness (QED) is 0.706. The zero-order valence-corrected chi connectivity index (χ0v) is 14.0. The van der Waals surface area contributed by atoms with Crippen molar-refractivity contribution in [2.45, 2.75) is 24.8 Å². The number of hydrogen-bond acceptors (Lipinski definition) is 4. The van der Waals surface area contributed by atoms with Crippen molar-refractivity contribution >= 4 is 22.7 Å². The molecule has 2 aliphatic heterocycles. The second-order valence-electron chi connectivity index (χ2n) is 7.65. The molecule has 5 rings (SSSR count). The highest BCUT2D eigenvalue weighted by atomic mass is 16.2. The molecule has 6 heteroatoms. The lowest BCUT2D eigenvalue weighted by atomic mass is 9.73. The van der Waals surface area contributed by atoms with Crippen LogP contribution in [0.25, 0.3) is 10.9 Å². The molecule has 3 atom stereocenters. The average molecular weight is 338 g/mol. The number of carbonyl (C=O) groups excluding carboxylic acids is 2. The molecule has 6 nitrogen and oxygen atoms in total. The number of nitrogens with one attached hydrogen (secondary N) is 3. The van der Waals surface area contributed by atoms with Crippen LogP contribution >= 0.6 is 0 Å². The van der Waals surface area contributed by atoms with Crippen LogP contribution in [0.2, 0.25) is 0 Å². The van der Waals surface area contributed by atoms with E-state index in [1.807, 2.05) is 4.90 Å². The van der Waals surface area contributed by atoms with Crippen molar-refractivity contribution in [1.29, 1.82) is 0 Å². The van der Waals surface area contributed by atoms with Crippen molar-refractivity contribution in [1.82, 2.24) is 20.5 Å². The number of aromatic nitrogens is 1. The highest BCUT2D eigenvalue weighted by Crippen LogP contribution is 2.41. The van der Waals surface area contributed by atoms with Gasteiger partial charge in [0.05, 0.1) is 13.1 Å². The number of hydrogen-bond donors (Lipinski definition) is 3. The van der Waals surface area contributed by atoms with Crippen molar-refractivity contribution in [3.05, 3.63) is 35.5 Å². The normalized spacial score (nSPS) is 29.5. The minimum absolute atomic E-state index is 0.183. The number of amides is 2. The number of piperazine rings is 1. The van der Waals surface area contributed by atoms with Gasteiger partial charge in [-0.1, -0.05) is 12.1 Å². The zero-order valence-electron chi connectivity index (χ0n) is 14.0. The van der Waals surface area contributed by atoms with Gasteiger partial charge < -0.3 is 10.3 Å². The van der Waals surface area contributed by atoms with Gasteiger partial charge in [-0.15, -0.1) is 0 Å². The molecule has 2 aromatic rings. The fourth-order valence-corrected chi connectivity index (χ4v) is 4.95. The first-order chi connectivity index (χ1) is 12.2. The van der Waals surface area contributed by atoms with Crippen molar-refractivity contribution in [2.24, 2.45) is 5.92 Å². The van der Waals surface area contributed by atoms with Gasteiger partial charge in [-0.25, -0.2) is 0 Å². The first-order valence-corrected chi connectivity index (χ1v) is 9.04. The van der Waals surface area contributed by atoms with Crippen LogP contribution in [-0.4, -0.2) is 53.9 Å². The van der Waals surface area contributed by atoms with E-state index in [1.54, 1.807) is 0 Å². The van der Waals surface area contributed by atoms with E-state index in [0.29, 0.717) is 31.0 Å². The van der Waals surface area contributed by atoms with Crippen LogP contribution in [0.15, 0.2) is 24.4 Å². The first-order valence-electron chi connectivity index (χ1n) is 9.04. The molecule has 3 N–H and O–H groups in total. The maximum absolute atomic E-state index is 11.6. The molecule has 130 valence electrons. The van der Waals surface area contributed by atoms with Gasteiger partial charge in [0.2, 0.25) is 11.8 Å². The number of fused-ring (bicyclic) bond motifs is 2. The van der Waals surface area contributed by atoms with Gasteiger partial charge in [0.15, 0.2) is 0 Å². The molecule has 25 heavy (non-hydrogen) atoms. The third-order valence-corrected chi connectivity index (χ3v) is 5.93. The molecule has 0 saturated carbocycles. The van der Waals surface area contributed by atoms with Gasteiger partial charge in [-0.05, 0) is 42.5 Å². The summed E-state index contributed by atoms with van der Waals surface area (Å²) in [5.74, 6) is 0.588. The lowest BCUT2D eigenvalue weighted by Gasteiger charge is -2.42. The number of carbonyl (C=O) groups is 2. The number of H-pyrrole nitrogens is 1. The van der Waals surface area contributed by atoms with Gasteiger partial charge in [0.1, 0.15) is 0 Å². The van der Waals surface area contributed by atoms with Crippen molar-refractivity contribution in [3.63, 3.8) is 0 Å². The van der Waals surface area contributed by atoms with Crippen LogP contribution in [0, 0.1) is 5.92 Å². The second kappa shape index (κ2) is 5.68. The number of nitrogens with zero attached hydrogens (tertiary/aromatic N) is 1. The topological polar surface area (TPSA) is 77.2 Å². The Morgan fingerprint density at radius 2 is 2.00 bits per heavy atom. The Labute approximate surface area is 146 Å². The van der Waals surface area contributed by atoms with Gasteiger partial charge in [0, 0.05) is 35.6 Å². The average Bonchev–Trinajstić information content (AvgIpc) is 2.99. The summed E-state index contributed by atoms with van der Waals surface area (Å²) in [7, 11) is 0. The van der Waals surface area contributed by atoms with Crippen LogP contribution < -0.4 is 10.6 Å². The summed E-state index contributed by atoms with van der Waals surface area (Å²) in [6.07, 6.45) is 4.32. The smallest absolute Gasteiger partial charge is 0.240 e. The first kappa shape index (κ1) is 15.1. The van der Waals surface area contributed by atoms with E-state index in [2.05, 4.69) is 40.0 Å². The summed E-state index contributed by atoms with van der Waals surface area (Å²) in [4.78, 5) is 28.6. The van der Waals surface area contributed by atoms with E-state index in [1.165, 1.54) is 22.0 Å². The SMILES string of the molecule is O=C1CN(CC2CN[C@@H]3Cc4c[nH]c5cccc(c45)[C@H]3C2)CC(=O)N1. The highest BCUT2D eigenvalue weighted by molar-refractivity contribution is 5.99. The summed E-state index contributed by atoms with van der Waals surface area (Å²) < 4.78 is 0. The van der Waals surface area contributed by atoms with E-state index in [9.17, 15) is 9.59 Å². The molecule has 3 heterocycles. The van der Waals surface area contributed by atoms with Crippen LogP contribution in [0.3, 0.4) is 0 Å². The fourth-order valence-electron chi connectivity index (χ4n) is 4.95. The summed E-state index contributed by atoms with van der Waals surface area (Å²) in [5, 5.41) is 7.51. The van der Waals surface area contributed by atoms with Gasteiger partial charge in [0.25, 0.3) is 0 Å². The van der Waals surface area contributed by atoms with Gasteiger partial charge in [-0.3, -0.25) is 19.8 Å². The summed E-state index contributed by atoms with van der Waals surface area (Å²) in [5.41, 5.74) is 4.08. The minimum Gasteiger partial charge on any atom is -0.361 e. The molecule has 0 bridgehead atoms. The molecule has 3 aliphatic rings. The van der Waals surface area contributed by atoms with E-state index < -0.39 is 0 Å². The van der Waals surface area contributed by atoms with Crippen molar-refractivity contribution < 1.29 is 9.59 Å². The van der Waals surface area contributed by atoms with Gasteiger partial charge in [-0.2, -0.15) is 0 Å². The van der Waals surface area contributed by atoms with Crippen LogP contribution in [0.5, 0.6) is 0 Å². The third-order valence-electron chi connectivity index (χ3n) is 5.93. The molecule has 2 saturated heterocycles. The summed E-state index contributed by atoms with van der Waals surface area (Å²) >= 11 is 0. The molecule has 0 radical (unpaired) electrons. The number of rotatable bonds is 2. The minimum atomic E-state index is -0.183. The molecule has 1 aromatic heterocycles. The summed E-state index contributed by atoms with van der Waals surface area (Å²) in [6, 6.07) is 7.03. The molecule has 0 spiro atoms. The number of benzene rings is 1. The highest BCUT2D eigenvalue weighted by Gasteiger charge is 2.37. The van der Waals surface area contributed by atoms with Crippen molar-refractivity contribution in [2.75, 3.05) is 26.2 Å². The Balaban J connectivity index is 1.37. The van der Waals surface area contributed by atoms with E-state index in [-0.39, 0.29) is 11.8 Å². The fraction of sp³-hybridized carbons (Fsp3) is 0.474. The van der Waals surface area contributed by atoms with E-state index in [4.69, 9.17) is 0 Å². The Bertz CT molecular complexity index is 842. The van der Waals surface area contributed by atoms with E-state index in [0.717, 1.165) is 25.9 Å². The molecule has 2 amide bonds. The van der Waals surface area contributed by atoms with Gasteiger partial charge >= 0.3 is 0 Å². The number of aromatic amines is 1. The summed E-state index contributed by atoms with van der Waals surface area (Å²) in [6.45, 7) is 2.40. The molecule has 1 aliphatic carbocycles. The molecule has 1 aromatic carbocycles. The Hall–Kier alpha value is -2.18. The largest absolute Gasteiger partial charge is 0.361 e. The maximum Gasteiger partial charge on any atom is 0.240 e. The third kappa shape index (κ3) is 2.56. The van der Waals surface area contributed by atoms with E-state index >= 15 is 0 Å². The number of imide groups is 1. The Morgan fingerprint density at radius 3 is 2.84 bits per heavy atom. The monoisotopic (exact) mass is 338 g/mol.